The minimum atomic E-state index is -4.62. The fourth-order valence-corrected chi connectivity index (χ4v) is 1.77. The lowest BCUT2D eigenvalue weighted by Gasteiger charge is -2.18. The van der Waals surface area contributed by atoms with E-state index in [9.17, 15) is 32.9 Å². The average Bonchev–Trinajstić information content (AvgIpc) is 2.44. The molecule has 0 saturated carbocycles. The molecule has 0 amide bonds. The normalized spacial score (nSPS) is 12.4. The number of esters is 1. The summed E-state index contributed by atoms with van der Waals surface area (Å²) in [5.41, 5.74) is -1.08. The zero-order chi connectivity index (χ0) is 17.8. The Morgan fingerprint density at radius 1 is 1.39 bits per heavy atom. The number of ketones is 1. The number of nitro groups is 1. The van der Waals surface area contributed by atoms with Crippen LogP contribution in [0.3, 0.4) is 0 Å². The molecule has 0 bridgehead atoms. The van der Waals surface area contributed by atoms with Crippen molar-refractivity contribution in [1.29, 1.82) is 0 Å². The number of nitrogens with zero attached hydrogens (tertiary/aromatic N) is 1. The first kappa shape index (κ1) is 18.4. The van der Waals surface area contributed by atoms with Gasteiger partial charge in [0.05, 0.1) is 30.1 Å². The Balaban J connectivity index is 3.17. The predicted molar refractivity (Wildman–Crippen MR) is 73.2 cm³/mol. The number of anilines is 1. The Kier molecular flexibility index (Phi) is 5.66. The fraction of sp³-hybridized carbons (Fsp3) is 0.385. The molecule has 0 aliphatic carbocycles. The second kappa shape index (κ2) is 7.07. The van der Waals surface area contributed by atoms with Crippen LogP contribution >= 0.6 is 0 Å². The summed E-state index contributed by atoms with van der Waals surface area (Å²) < 4.78 is 41.8. The first-order valence-corrected chi connectivity index (χ1v) is 6.25. The van der Waals surface area contributed by atoms with Crippen molar-refractivity contribution >= 4 is 23.1 Å². The second-order valence-corrected chi connectivity index (χ2v) is 4.61. The Morgan fingerprint density at radius 3 is 2.43 bits per heavy atom. The molecule has 1 rings (SSSR count). The minimum absolute atomic E-state index is 0.139. The summed E-state index contributed by atoms with van der Waals surface area (Å²) in [6.45, 7) is 0.943. The molecular formula is C13H13F3N2O5. The van der Waals surface area contributed by atoms with Crippen molar-refractivity contribution < 1.29 is 32.4 Å². The van der Waals surface area contributed by atoms with Crippen LogP contribution in [0.25, 0.3) is 0 Å². The highest BCUT2D eigenvalue weighted by molar-refractivity contribution is 5.92. The number of Topliss-reactive ketones (excluding diaryl/α,β-unsaturated/α-hetero) is 1. The number of ether oxygens (including phenoxy) is 1. The molecule has 0 radical (unpaired) electrons. The lowest BCUT2D eigenvalue weighted by Crippen LogP contribution is -2.33. The Bertz CT molecular complexity index is 631. The molecule has 0 aromatic heterocycles. The Hall–Kier alpha value is -2.65. The van der Waals surface area contributed by atoms with Crippen molar-refractivity contribution in [2.24, 2.45) is 0 Å². The molecule has 23 heavy (non-hydrogen) atoms. The van der Waals surface area contributed by atoms with E-state index in [1.54, 1.807) is 0 Å². The number of hydrogen-bond acceptors (Lipinski definition) is 6. The van der Waals surface area contributed by atoms with Gasteiger partial charge in [0, 0.05) is 6.07 Å². The molecule has 1 N–H and O–H groups in total. The van der Waals surface area contributed by atoms with Gasteiger partial charge in [-0.05, 0) is 19.1 Å². The van der Waals surface area contributed by atoms with E-state index in [0.29, 0.717) is 0 Å². The molecule has 1 aromatic carbocycles. The third kappa shape index (κ3) is 5.24. The monoisotopic (exact) mass is 334 g/mol. The van der Waals surface area contributed by atoms with E-state index in [2.05, 4.69) is 10.1 Å². The number of rotatable bonds is 6. The van der Waals surface area contributed by atoms with Crippen molar-refractivity contribution in [2.75, 3.05) is 12.4 Å². The van der Waals surface area contributed by atoms with Gasteiger partial charge in [-0.2, -0.15) is 13.2 Å². The standard InChI is InChI=1S/C13H13F3N2O5/c1-7(19)10(6-13(14,15)16)17-9-4-3-8(12(20)23-2)5-11(9)18(21)22/h3-5,10,17H,6H2,1-2H3. The maximum absolute atomic E-state index is 12.5. The lowest BCUT2D eigenvalue weighted by molar-refractivity contribution is -0.384. The number of hydrogen-bond donors (Lipinski definition) is 1. The van der Waals surface area contributed by atoms with E-state index in [-0.39, 0.29) is 11.3 Å². The quantitative estimate of drug-likeness (QED) is 0.488. The van der Waals surface area contributed by atoms with Gasteiger partial charge >= 0.3 is 12.1 Å². The molecule has 7 nitrogen and oxygen atoms in total. The molecule has 0 fully saturated rings. The molecule has 0 aliphatic rings. The largest absolute Gasteiger partial charge is 0.465 e. The van der Waals surface area contributed by atoms with Gasteiger partial charge in [0.2, 0.25) is 0 Å². The SMILES string of the molecule is COC(=O)c1ccc(NC(CC(F)(F)F)C(C)=O)c([N+](=O)[O-])c1. The van der Waals surface area contributed by atoms with Crippen LogP contribution in [0, 0.1) is 10.1 Å². The summed E-state index contributed by atoms with van der Waals surface area (Å²) in [5, 5.41) is 13.2. The molecular weight excluding hydrogens is 321 g/mol. The molecule has 0 spiro atoms. The van der Waals surface area contributed by atoms with Gasteiger partial charge in [0.15, 0.2) is 5.78 Å². The summed E-state index contributed by atoms with van der Waals surface area (Å²) >= 11 is 0. The highest BCUT2D eigenvalue weighted by Gasteiger charge is 2.35. The minimum Gasteiger partial charge on any atom is -0.465 e. The molecule has 10 heteroatoms. The summed E-state index contributed by atoms with van der Waals surface area (Å²) in [7, 11) is 1.08. The number of nitro benzene ring substituents is 1. The van der Waals surface area contributed by atoms with Gasteiger partial charge in [-0.1, -0.05) is 0 Å². The zero-order valence-electron chi connectivity index (χ0n) is 12.1. The van der Waals surface area contributed by atoms with Gasteiger partial charge < -0.3 is 10.1 Å². The maximum atomic E-state index is 12.5. The van der Waals surface area contributed by atoms with E-state index < -0.39 is 41.0 Å². The smallest absolute Gasteiger partial charge is 0.391 e. The van der Waals surface area contributed by atoms with Crippen LogP contribution < -0.4 is 5.32 Å². The van der Waals surface area contributed by atoms with Gasteiger partial charge in [0.1, 0.15) is 5.69 Å². The number of alkyl halides is 3. The Morgan fingerprint density at radius 2 is 2.00 bits per heavy atom. The first-order chi connectivity index (χ1) is 10.5. The summed E-state index contributed by atoms with van der Waals surface area (Å²) in [6, 6.07) is 1.39. The van der Waals surface area contributed by atoms with Crippen LogP contribution in [-0.2, 0) is 9.53 Å². The number of halogens is 3. The number of nitrogens with one attached hydrogen (secondary N) is 1. The van der Waals surface area contributed by atoms with Gasteiger partial charge in [-0.15, -0.1) is 0 Å². The van der Waals surface area contributed by atoms with E-state index in [4.69, 9.17) is 0 Å². The maximum Gasteiger partial charge on any atom is 0.391 e. The number of benzene rings is 1. The molecule has 1 aromatic rings. The van der Waals surface area contributed by atoms with E-state index in [0.717, 1.165) is 32.2 Å². The van der Waals surface area contributed by atoms with Gasteiger partial charge in [-0.3, -0.25) is 14.9 Å². The van der Waals surface area contributed by atoms with Crippen LogP contribution in [0.4, 0.5) is 24.5 Å². The number of carbonyl (C=O) groups is 2. The zero-order valence-corrected chi connectivity index (χ0v) is 12.1. The van der Waals surface area contributed by atoms with E-state index in [1.165, 1.54) is 0 Å². The predicted octanol–water partition coefficient (Wildman–Crippen LogP) is 2.70. The molecule has 1 atom stereocenters. The van der Waals surface area contributed by atoms with Crippen LogP contribution in [0.15, 0.2) is 18.2 Å². The van der Waals surface area contributed by atoms with Crippen LogP contribution in [0.5, 0.6) is 0 Å². The number of methoxy groups -OCH3 is 1. The van der Waals surface area contributed by atoms with Crippen molar-refractivity contribution in [3.63, 3.8) is 0 Å². The molecule has 0 aliphatic heterocycles. The third-order valence-electron chi connectivity index (χ3n) is 2.87. The average molecular weight is 334 g/mol. The van der Waals surface area contributed by atoms with Crippen LogP contribution in [-0.4, -0.2) is 36.0 Å². The summed E-state index contributed by atoms with van der Waals surface area (Å²) in [5.74, 6) is -1.66. The summed E-state index contributed by atoms with van der Waals surface area (Å²) in [6.07, 6.45) is -6.09. The number of carbonyl (C=O) groups excluding carboxylic acids is 2. The summed E-state index contributed by atoms with van der Waals surface area (Å²) in [4.78, 5) is 32.8. The van der Waals surface area contributed by atoms with Crippen molar-refractivity contribution in [3.8, 4) is 0 Å². The van der Waals surface area contributed by atoms with Crippen molar-refractivity contribution in [1.82, 2.24) is 0 Å². The Labute approximate surface area is 128 Å². The molecule has 0 saturated heterocycles. The topological polar surface area (TPSA) is 98.5 Å². The van der Waals surface area contributed by atoms with Crippen molar-refractivity contribution in [3.05, 3.63) is 33.9 Å². The van der Waals surface area contributed by atoms with Gasteiger partial charge in [0.25, 0.3) is 5.69 Å². The molecule has 1 unspecified atom stereocenters. The molecule has 0 heterocycles. The first-order valence-electron chi connectivity index (χ1n) is 6.25. The molecule has 126 valence electrons. The third-order valence-corrected chi connectivity index (χ3v) is 2.87. The van der Waals surface area contributed by atoms with Crippen LogP contribution in [0.2, 0.25) is 0 Å². The lowest BCUT2D eigenvalue weighted by atomic mass is 10.1. The van der Waals surface area contributed by atoms with E-state index >= 15 is 0 Å². The fourth-order valence-electron chi connectivity index (χ4n) is 1.77. The van der Waals surface area contributed by atoms with Crippen LogP contribution in [0.1, 0.15) is 23.7 Å². The highest BCUT2D eigenvalue weighted by atomic mass is 19.4. The van der Waals surface area contributed by atoms with Crippen molar-refractivity contribution in [2.45, 2.75) is 25.6 Å². The highest BCUT2D eigenvalue weighted by Crippen LogP contribution is 2.29. The second-order valence-electron chi connectivity index (χ2n) is 4.61. The van der Waals surface area contributed by atoms with E-state index in [1.807, 2.05) is 0 Å². The van der Waals surface area contributed by atoms with Gasteiger partial charge in [-0.25, -0.2) is 4.79 Å².